The molecule has 14 heavy (non-hydrogen) atoms. The van der Waals surface area contributed by atoms with Crippen molar-refractivity contribution in [2.24, 2.45) is 0 Å². The molecule has 1 N–H and O–H groups in total. The standard InChI is InChI=1S/C11H7NO2/c12-7-8-4-9(6-10(13)5-8)11-2-1-3-14-11/h1-6,13H. The summed E-state index contributed by atoms with van der Waals surface area (Å²) in [6.07, 6.45) is 1.55. The lowest BCUT2D eigenvalue weighted by molar-refractivity contribution is 0.475. The molecule has 2 aromatic rings. The van der Waals surface area contributed by atoms with E-state index in [2.05, 4.69) is 0 Å². The van der Waals surface area contributed by atoms with Crippen LogP contribution in [0.5, 0.6) is 5.75 Å². The predicted octanol–water partition coefficient (Wildman–Crippen LogP) is 2.52. The van der Waals surface area contributed by atoms with Crippen LogP contribution in [0.1, 0.15) is 5.56 Å². The summed E-state index contributed by atoms with van der Waals surface area (Å²) in [5, 5.41) is 18.0. The summed E-state index contributed by atoms with van der Waals surface area (Å²) in [5.41, 5.74) is 1.11. The molecule has 0 radical (unpaired) electrons. The lowest BCUT2D eigenvalue weighted by Crippen LogP contribution is -1.78. The Balaban J connectivity index is 2.55. The van der Waals surface area contributed by atoms with Crippen LogP contribution in [-0.2, 0) is 0 Å². The Hall–Kier alpha value is -2.21. The van der Waals surface area contributed by atoms with E-state index in [9.17, 15) is 5.11 Å². The number of rotatable bonds is 1. The first kappa shape index (κ1) is 8.39. The third-order valence-electron chi connectivity index (χ3n) is 1.85. The molecule has 0 saturated heterocycles. The molecule has 3 nitrogen and oxygen atoms in total. The Bertz CT molecular complexity index is 480. The van der Waals surface area contributed by atoms with E-state index < -0.39 is 0 Å². The van der Waals surface area contributed by atoms with Crippen LogP contribution in [0.4, 0.5) is 0 Å². The Morgan fingerprint density at radius 2 is 2.14 bits per heavy atom. The highest BCUT2D eigenvalue weighted by Crippen LogP contribution is 2.25. The largest absolute Gasteiger partial charge is 0.508 e. The molecule has 0 unspecified atom stereocenters. The van der Waals surface area contributed by atoms with Gasteiger partial charge in [-0.15, -0.1) is 0 Å². The second-order valence-electron chi connectivity index (χ2n) is 2.86. The lowest BCUT2D eigenvalue weighted by atomic mass is 10.1. The molecule has 2 rings (SSSR count). The highest BCUT2D eigenvalue weighted by atomic mass is 16.3. The molecule has 0 bridgehead atoms. The van der Waals surface area contributed by atoms with Gasteiger partial charge in [0.1, 0.15) is 11.5 Å². The van der Waals surface area contributed by atoms with E-state index in [1.807, 2.05) is 6.07 Å². The van der Waals surface area contributed by atoms with Crippen molar-refractivity contribution in [2.75, 3.05) is 0 Å². The molecule has 0 aliphatic heterocycles. The van der Waals surface area contributed by atoms with Crippen molar-refractivity contribution in [2.45, 2.75) is 0 Å². The van der Waals surface area contributed by atoms with Crippen molar-refractivity contribution in [3.63, 3.8) is 0 Å². The number of phenolic OH excluding ortho intramolecular Hbond substituents is 1. The van der Waals surface area contributed by atoms with Gasteiger partial charge < -0.3 is 9.52 Å². The normalized spacial score (nSPS) is 9.64. The summed E-state index contributed by atoms with van der Waals surface area (Å²) in [6, 6.07) is 10.1. The molecular formula is C11H7NO2. The van der Waals surface area contributed by atoms with Crippen LogP contribution in [0.3, 0.4) is 0 Å². The minimum absolute atomic E-state index is 0.0652. The first-order valence-corrected chi connectivity index (χ1v) is 4.07. The molecule has 0 spiro atoms. The second-order valence-corrected chi connectivity index (χ2v) is 2.86. The number of phenols is 1. The van der Waals surface area contributed by atoms with Crippen molar-refractivity contribution in [1.82, 2.24) is 0 Å². The summed E-state index contributed by atoms with van der Waals surface area (Å²) in [6.45, 7) is 0. The zero-order valence-corrected chi connectivity index (χ0v) is 7.27. The fourth-order valence-electron chi connectivity index (χ4n) is 1.26. The zero-order valence-electron chi connectivity index (χ0n) is 7.27. The molecule has 68 valence electrons. The fraction of sp³-hybridized carbons (Fsp3) is 0. The number of nitrogens with zero attached hydrogens (tertiary/aromatic N) is 1. The molecule has 1 aromatic carbocycles. The van der Waals surface area contributed by atoms with E-state index in [0.717, 1.165) is 0 Å². The molecule has 3 heteroatoms. The van der Waals surface area contributed by atoms with Gasteiger partial charge in [-0.25, -0.2) is 0 Å². The number of nitriles is 1. The number of furan rings is 1. The van der Waals surface area contributed by atoms with Gasteiger partial charge in [0.15, 0.2) is 0 Å². The van der Waals surface area contributed by atoms with Crippen molar-refractivity contribution >= 4 is 0 Å². The molecule has 0 amide bonds. The summed E-state index contributed by atoms with van der Waals surface area (Å²) < 4.78 is 5.15. The van der Waals surface area contributed by atoms with Gasteiger partial charge in [0.05, 0.1) is 17.9 Å². The molecule has 0 saturated carbocycles. The minimum atomic E-state index is 0.0652. The topological polar surface area (TPSA) is 57.2 Å². The SMILES string of the molecule is N#Cc1cc(O)cc(-c2ccco2)c1. The van der Waals surface area contributed by atoms with Gasteiger partial charge in [-0.2, -0.15) is 5.26 Å². The van der Waals surface area contributed by atoms with E-state index in [1.54, 1.807) is 30.5 Å². The van der Waals surface area contributed by atoms with Crippen molar-refractivity contribution in [1.29, 1.82) is 5.26 Å². The van der Waals surface area contributed by atoms with Gasteiger partial charge in [0, 0.05) is 5.56 Å². The van der Waals surface area contributed by atoms with E-state index in [-0.39, 0.29) is 5.75 Å². The van der Waals surface area contributed by atoms with Crippen LogP contribution in [0.2, 0.25) is 0 Å². The van der Waals surface area contributed by atoms with Crippen LogP contribution in [0, 0.1) is 11.3 Å². The van der Waals surface area contributed by atoms with Gasteiger partial charge >= 0.3 is 0 Å². The minimum Gasteiger partial charge on any atom is -0.508 e. The fourth-order valence-corrected chi connectivity index (χ4v) is 1.26. The molecule has 1 heterocycles. The monoisotopic (exact) mass is 185 g/mol. The third kappa shape index (κ3) is 1.46. The molecule has 1 aromatic heterocycles. The number of hydrogen-bond acceptors (Lipinski definition) is 3. The molecule has 0 aliphatic carbocycles. The maximum atomic E-state index is 9.33. The van der Waals surface area contributed by atoms with Crippen LogP contribution >= 0.6 is 0 Å². The first-order valence-electron chi connectivity index (χ1n) is 4.07. The summed E-state index contributed by atoms with van der Waals surface area (Å²) in [7, 11) is 0. The molecular weight excluding hydrogens is 178 g/mol. The Kier molecular flexibility index (Phi) is 1.96. The highest BCUT2D eigenvalue weighted by Gasteiger charge is 2.04. The maximum Gasteiger partial charge on any atom is 0.134 e. The Morgan fingerprint density at radius 3 is 2.79 bits per heavy atom. The summed E-state index contributed by atoms with van der Waals surface area (Å²) in [5.74, 6) is 0.702. The van der Waals surface area contributed by atoms with Crippen LogP contribution in [-0.4, -0.2) is 5.11 Å². The summed E-state index contributed by atoms with van der Waals surface area (Å²) >= 11 is 0. The predicted molar refractivity (Wildman–Crippen MR) is 50.5 cm³/mol. The lowest BCUT2D eigenvalue weighted by Gasteiger charge is -1.98. The number of hydrogen-bond donors (Lipinski definition) is 1. The van der Waals surface area contributed by atoms with Crippen molar-refractivity contribution < 1.29 is 9.52 Å². The highest BCUT2D eigenvalue weighted by molar-refractivity contribution is 5.62. The van der Waals surface area contributed by atoms with Gasteiger partial charge in [-0.05, 0) is 30.3 Å². The second kappa shape index (κ2) is 3.27. The van der Waals surface area contributed by atoms with Crippen LogP contribution < -0.4 is 0 Å². The van der Waals surface area contributed by atoms with Gasteiger partial charge in [-0.1, -0.05) is 0 Å². The zero-order chi connectivity index (χ0) is 9.97. The van der Waals surface area contributed by atoms with E-state index >= 15 is 0 Å². The smallest absolute Gasteiger partial charge is 0.134 e. The average molecular weight is 185 g/mol. The quantitative estimate of drug-likeness (QED) is 0.742. The van der Waals surface area contributed by atoms with E-state index in [4.69, 9.17) is 9.68 Å². The number of aromatic hydroxyl groups is 1. The van der Waals surface area contributed by atoms with Crippen molar-refractivity contribution in [3.8, 4) is 23.1 Å². The van der Waals surface area contributed by atoms with Gasteiger partial charge in [0.25, 0.3) is 0 Å². The van der Waals surface area contributed by atoms with Gasteiger partial charge in [0.2, 0.25) is 0 Å². The molecule has 0 atom stereocenters. The Morgan fingerprint density at radius 1 is 1.29 bits per heavy atom. The van der Waals surface area contributed by atoms with Crippen LogP contribution in [0.15, 0.2) is 41.0 Å². The van der Waals surface area contributed by atoms with Gasteiger partial charge in [-0.3, -0.25) is 0 Å². The Labute approximate surface area is 80.8 Å². The maximum absolute atomic E-state index is 9.33. The van der Waals surface area contributed by atoms with Crippen molar-refractivity contribution in [3.05, 3.63) is 42.2 Å². The first-order chi connectivity index (χ1) is 6.79. The molecule has 0 aliphatic rings. The third-order valence-corrected chi connectivity index (χ3v) is 1.85. The summed E-state index contributed by atoms with van der Waals surface area (Å²) in [4.78, 5) is 0. The molecule has 0 fully saturated rings. The number of benzene rings is 1. The van der Waals surface area contributed by atoms with E-state index in [1.165, 1.54) is 6.07 Å². The van der Waals surface area contributed by atoms with E-state index in [0.29, 0.717) is 16.9 Å². The average Bonchev–Trinajstić information content (AvgIpc) is 2.69. The van der Waals surface area contributed by atoms with Crippen LogP contribution in [0.25, 0.3) is 11.3 Å².